The molecule has 162 valence electrons. The number of sulfonamides is 1. The number of halogens is 1. The molecule has 1 fully saturated rings. The van der Waals surface area contributed by atoms with Gasteiger partial charge in [-0.25, -0.2) is 12.7 Å². The zero-order valence-corrected chi connectivity index (χ0v) is 20.2. The first-order valence-corrected chi connectivity index (χ1v) is 13.4. The first-order chi connectivity index (χ1) is 14.3. The minimum Gasteiger partial charge on any atom is -0.355 e. The van der Waals surface area contributed by atoms with Crippen LogP contribution >= 0.6 is 27.7 Å². The van der Waals surface area contributed by atoms with Gasteiger partial charge in [-0.15, -0.1) is 11.8 Å². The Bertz CT molecular complexity index is 957. The van der Waals surface area contributed by atoms with Crippen LogP contribution in [-0.2, 0) is 20.6 Å². The summed E-state index contributed by atoms with van der Waals surface area (Å²) in [6.45, 7) is 3.46. The van der Waals surface area contributed by atoms with Gasteiger partial charge in [0.15, 0.2) is 0 Å². The molecular formula is C22H27BrN2O3S2. The van der Waals surface area contributed by atoms with Crippen molar-refractivity contribution >= 4 is 43.6 Å². The van der Waals surface area contributed by atoms with Gasteiger partial charge in [0, 0.05) is 40.7 Å². The highest BCUT2D eigenvalue weighted by Crippen LogP contribution is 2.23. The fourth-order valence-electron chi connectivity index (χ4n) is 3.45. The number of carbonyl (C=O) groups excluding carboxylic acids is 1. The number of nitrogens with one attached hydrogen (secondary N) is 1. The maximum Gasteiger partial charge on any atom is 0.223 e. The maximum absolute atomic E-state index is 12.7. The van der Waals surface area contributed by atoms with Crippen molar-refractivity contribution in [1.29, 1.82) is 0 Å². The second-order valence-corrected chi connectivity index (χ2v) is 11.6. The van der Waals surface area contributed by atoms with Crippen LogP contribution in [0.2, 0.25) is 0 Å². The van der Waals surface area contributed by atoms with Crippen LogP contribution in [0, 0.1) is 12.8 Å². The third-order valence-electron chi connectivity index (χ3n) is 5.15. The van der Waals surface area contributed by atoms with Crippen molar-refractivity contribution in [2.75, 3.05) is 25.4 Å². The van der Waals surface area contributed by atoms with Crippen LogP contribution in [-0.4, -0.2) is 44.0 Å². The minimum atomic E-state index is -3.38. The number of aryl methyl sites for hydroxylation is 1. The fourth-order valence-corrected chi connectivity index (χ4v) is 6.21. The molecule has 3 rings (SSSR count). The summed E-state index contributed by atoms with van der Waals surface area (Å²) in [4.78, 5) is 13.6. The first kappa shape index (κ1) is 23.3. The Kier molecular flexibility index (Phi) is 8.39. The van der Waals surface area contributed by atoms with Crippen LogP contribution in [0.25, 0.3) is 0 Å². The molecule has 1 amide bonds. The van der Waals surface area contributed by atoms with Crippen LogP contribution in [0.5, 0.6) is 0 Å². The van der Waals surface area contributed by atoms with Gasteiger partial charge in [-0.1, -0.05) is 45.8 Å². The van der Waals surface area contributed by atoms with Crippen molar-refractivity contribution in [1.82, 2.24) is 9.62 Å². The number of piperidine rings is 1. The first-order valence-electron chi connectivity index (χ1n) is 10.0. The summed E-state index contributed by atoms with van der Waals surface area (Å²) in [6, 6.07) is 15.7. The molecule has 1 aliphatic heterocycles. The average molecular weight is 512 g/mol. The van der Waals surface area contributed by atoms with E-state index in [2.05, 4.69) is 52.4 Å². The van der Waals surface area contributed by atoms with Crippen LogP contribution in [0.1, 0.15) is 24.0 Å². The molecule has 0 aromatic heterocycles. The molecule has 0 radical (unpaired) electrons. The van der Waals surface area contributed by atoms with E-state index in [1.807, 2.05) is 24.3 Å². The van der Waals surface area contributed by atoms with E-state index < -0.39 is 10.0 Å². The van der Waals surface area contributed by atoms with Gasteiger partial charge in [0.1, 0.15) is 0 Å². The van der Waals surface area contributed by atoms with E-state index in [0.717, 1.165) is 15.8 Å². The number of nitrogens with zero attached hydrogens (tertiary/aromatic N) is 1. The molecule has 0 unspecified atom stereocenters. The normalized spacial score (nSPS) is 15.8. The summed E-state index contributed by atoms with van der Waals surface area (Å²) < 4.78 is 27.8. The Hall–Kier alpha value is -1.35. The standard InChI is InChI=1S/C22H27BrN2O3S2/c1-17-5-7-21(8-6-17)29-14-11-24-22(26)19-9-12-25(13-10-19)30(27,28)16-18-3-2-4-20(23)15-18/h2-8,15,19H,9-14,16H2,1H3,(H,24,26). The van der Waals surface area contributed by atoms with Gasteiger partial charge in [0.2, 0.25) is 15.9 Å². The molecule has 8 heteroatoms. The quantitative estimate of drug-likeness (QED) is 0.426. The van der Waals surface area contributed by atoms with Gasteiger partial charge >= 0.3 is 0 Å². The third kappa shape index (κ3) is 6.83. The Morgan fingerprint density at radius 1 is 1.17 bits per heavy atom. The largest absolute Gasteiger partial charge is 0.355 e. The minimum absolute atomic E-state index is 0.0143. The van der Waals surface area contributed by atoms with Gasteiger partial charge in [0.25, 0.3) is 0 Å². The maximum atomic E-state index is 12.7. The van der Waals surface area contributed by atoms with E-state index in [4.69, 9.17) is 0 Å². The van der Waals surface area contributed by atoms with E-state index in [1.54, 1.807) is 11.8 Å². The van der Waals surface area contributed by atoms with Gasteiger partial charge in [-0.2, -0.15) is 0 Å². The highest BCUT2D eigenvalue weighted by molar-refractivity contribution is 9.10. The van der Waals surface area contributed by atoms with Crippen molar-refractivity contribution in [3.8, 4) is 0 Å². The predicted octanol–water partition coefficient (Wildman–Crippen LogP) is 4.21. The molecule has 1 saturated heterocycles. The van der Waals surface area contributed by atoms with E-state index in [9.17, 15) is 13.2 Å². The van der Waals surface area contributed by atoms with Crippen LogP contribution < -0.4 is 5.32 Å². The number of carbonyl (C=O) groups is 1. The molecule has 2 aromatic carbocycles. The van der Waals surface area contributed by atoms with Crippen LogP contribution in [0.15, 0.2) is 57.9 Å². The lowest BCUT2D eigenvalue weighted by atomic mass is 9.97. The molecule has 30 heavy (non-hydrogen) atoms. The lowest BCUT2D eigenvalue weighted by molar-refractivity contribution is -0.125. The number of benzene rings is 2. The van der Waals surface area contributed by atoms with Crippen molar-refractivity contribution in [2.45, 2.75) is 30.4 Å². The number of amides is 1. The SMILES string of the molecule is Cc1ccc(SCCNC(=O)C2CCN(S(=O)(=O)Cc3cccc(Br)c3)CC2)cc1. The summed E-state index contributed by atoms with van der Waals surface area (Å²) in [6.07, 6.45) is 1.13. The Balaban J connectivity index is 1.40. The lowest BCUT2D eigenvalue weighted by Crippen LogP contribution is -2.43. The average Bonchev–Trinajstić information content (AvgIpc) is 2.72. The summed E-state index contributed by atoms with van der Waals surface area (Å²) in [5.41, 5.74) is 1.99. The smallest absolute Gasteiger partial charge is 0.223 e. The summed E-state index contributed by atoms with van der Waals surface area (Å²) in [5.74, 6) is 0.712. The molecule has 5 nitrogen and oxygen atoms in total. The summed E-state index contributed by atoms with van der Waals surface area (Å²) >= 11 is 5.09. The van der Waals surface area contributed by atoms with Crippen molar-refractivity contribution in [2.24, 2.45) is 5.92 Å². The summed E-state index contributed by atoms with van der Waals surface area (Å²) in [7, 11) is -3.38. The van der Waals surface area contributed by atoms with Crippen LogP contribution in [0.4, 0.5) is 0 Å². The van der Waals surface area contributed by atoms with E-state index >= 15 is 0 Å². The third-order valence-corrected chi connectivity index (χ3v) is 8.50. The van der Waals surface area contributed by atoms with Gasteiger partial charge in [-0.3, -0.25) is 4.79 Å². The highest BCUT2D eigenvalue weighted by Gasteiger charge is 2.31. The lowest BCUT2D eigenvalue weighted by Gasteiger charge is -2.30. The number of rotatable bonds is 8. The molecule has 1 aliphatic rings. The summed E-state index contributed by atoms with van der Waals surface area (Å²) in [5, 5.41) is 3.00. The van der Waals surface area contributed by atoms with Crippen LogP contribution in [0.3, 0.4) is 0 Å². The molecule has 1 heterocycles. The molecular weight excluding hydrogens is 484 g/mol. The number of thioether (sulfide) groups is 1. The van der Waals surface area contributed by atoms with E-state index in [-0.39, 0.29) is 17.6 Å². The Labute approximate surface area is 191 Å². The van der Waals surface area contributed by atoms with E-state index in [0.29, 0.717) is 32.5 Å². The predicted molar refractivity (Wildman–Crippen MR) is 126 cm³/mol. The zero-order valence-electron chi connectivity index (χ0n) is 17.0. The topological polar surface area (TPSA) is 66.5 Å². The molecule has 2 aromatic rings. The monoisotopic (exact) mass is 510 g/mol. The van der Waals surface area contributed by atoms with Crippen molar-refractivity contribution < 1.29 is 13.2 Å². The molecule has 1 N–H and O–H groups in total. The second-order valence-electron chi connectivity index (χ2n) is 7.51. The molecule has 0 saturated carbocycles. The molecule has 0 spiro atoms. The Morgan fingerprint density at radius 3 is 2.53 bits per heavy atom. The van der Waals surface area contributed by atoms with Gasteiger partial charge in [-0.05, 0) is 49.6 Å². The van der Waals surface area contributed by atoms with Crippen molar-refractivity contribution in [3.63, 3.8) is 0 Å². The van der Waals surface area contributed by atoms with Gasteiger partial charge in [0.05, 0.1) is 5.75 Å². The Morgan fingerprint density at radius 2 is 1.87 bits per heavy atom. The van der Waals surface area contributed by atoms with Gasteiger partial charge < -0.3 is 5.32 Å². The molecule has 0 bridgehead atoms. The number of hydrogen-bond donors (Lipinski definition) is 1. The van der Waals surface area contributed by atoms with Crippen molar-refractivity contribution in [3.05, 3.63) is 64.1 Å². The molecule has 0 atom stereocenters. The molecule has 0 aliphatic carbocycles. The number of hydrogen-bond acceptors (Lipinski definition) is 4. The second kappa shape index (κ2) is 10.8. The van der Waals surface area contributed by atoms with E-state index in [1.165, 1.54) is 14.8 Å². The fraction of sp³-hybridized carbons (Fsp3) is 0.409. The zero-order chi connectivity index (χ0) is 21.6. The highest BCUT2D eigenvalue weighted by atomic mass is 79.9.